The summed E-state index contributed by atoms with van der Waals surface area (Å²) < 4.78 is 0.963. The second kappa shape index (κ2) is 8.55. The normalized spacial score (nSPS) is 14.7. The SMILES string of the molecule is CCCCCCNC(=O)n1cc(N2CCCCC2)c(=O)[nH]c1=O. The number of carbonyl (C=O) groups excluding carboxylic acids is 1. The van der Waals surface area contributed by atoms with Crippen LogP contribution in [0, 0.1) is 0 Å². The molecule has 1 aliphatic rings. The Morgan fingerprint density at radius 3 is 2.61 bits per heavy atom. The van der Waals surface area contributed by atoms with Crippen LogP contribution in [0.4, 0.5) is 10.5 Å². The lowest BCUT2D eigenvalue weighted by molar-refractivity contribution is 0.241. The Labute approximate surface area is 135 Å². The summed E-state index contributed by atoms with van der Waals surface area (Å²) in [6.45, 7) is 4.21. The third-order valence-electron chi connectivity index (χ3n) is 4.15. The van der Waals surface area contributed by atoms with E-state index in [0.717, 1.165) is 62.6 Å². The molecule has 0 aliphatic carbocycles. The lowest BCUT2D eigenvalue weighted by Gasteiger charge is -2.27. The molecule has 1 fully saturated rings. The highest BCUT2D eigenvalue weighted by molar-refractivity contribution is 5.77. The summed E-state index contributed by atoms with van der Waals surface area (Å²) >= 11 is 0. The molecule has 2 heterocycles. The molecular formula is C16H26N4O3. The standard InChI is InChI=1S/C16H26N4O3/c1-2-3-4-6-9-17-15(22)20-12-13(14(21)18-16(20)23)19-10-7-5-8-11-19/h12H,2-11H2,1H3,(H,17,22)(H,18,21,23). The Bertz CT molecular complexity index is 629. The van der Waals surface area contributed by atoms with Gasteiger partial charge in [-0.1, -0.05) is 26.2 Å². The average molecular weight is 322 g/mol. The van der Waals surface area contributed by atoms with Gasteiger partial charge in [-0.2, -0.15) is 0 Å². The largest absolute Gasteiger partial charge is 0.366 e. The van der Waals surface area contributed by atoms with Gasteiger partial charge in [0.25, 0.3) is 5.56 Å². The number of hydrogen-bond acceptors (Lipinski definition) is 4. The van der Waals surface area contributed by atoms with E-state index < -0.39 is 17.3 Å². The van der Waals surface area contributed by atoms with Crippen molar-refractivity contribution in [2.75, 3.05) is 24.5 Å². The van der Waals surface area contributed by atoms with E-state index in [0.29, 0.717) is 12.2 Å². The van der Waals surface area contributed by atoms with Gasteiger partial charge in [-0.05, 0) is 25.7 Å². The number of anilines is 1. The smallest absolute Gasteiger partial charge is 0.336 e. The maximum absolute atomic E-state index is 12.2. The molecule has 1 amide bonds. The number of nitrogens with zero attached hydrogens (tertiary/aromatic N) is 2. The Morgan fingerprint density at radius 2 is 1.91 bits per heavy atom. The van der Waals surface area contributed by atoms with Gasteiger partial charge in [0, 0.05) is 25.8 Å². The van der Waals surface area contributed by atoms with Crippen LogP contribution in [0.1, 0.15) is 51.9 Å². The van der Waals surface area contributed by atoms with Gasteiger partial charge in [0.15, 0.2) is 0 Å². The summed E-state index contributed by atoms with van der Waals surface area (Å²) in [5.41, 5.74) is -0.726. The minimum absolute atomic E-state index is 0.394. The van der Waals surface area contributed by atoms with Crippen LogP contribution in [-0.4, -0.2) is 35.2 Å². The lowest BCUT2D eigenvalue weighted by atomic mass is 10.1. The van der Waals surface area contributed by atoms with E-state index in [2.05, 4.69) is 17.2 Å². The summed E-state index contributed by atoms with van der Waals surface area (Å²) in [5.74, 6) is 0. The number of amides is 1. The number of aromatic nitrogens is 2. The van der Waals surface area contributed by atoms with Crippen LogP contribution in [0.15, 0.2) is 15.8 Å². The minimum atomic E-state index is -0.693. The summed E-state index contributed by atoms with van der Waals surface area (Å²) in [5, 5.41) is 2.73. The number of unbranched alkanes of at least 4 members (excludes halogenated alkanes) is 3. The van der Waals surface area contributed by atoms with Gasteiger partial charge in [0.05, 0.1) is 0 Å². The molecule has 0 unspecified atom stereocenters. The van der Waals surface area contributed by atoms with Crippen LogP contribution in [0.5, 0.6) is 0 Å². The number of hydrogen-bond donors (Lipinski definition) is 2. The number of nitrogens with one attached hydrogen (secondary N) is 2. The molecule has 0 spiro atoms. The number of piperidine rings is 1. The monoisotopic (exact) mass is 322 g/mol. The first-order valence-corrected chi connectivity index (χ1v) is 8.52. The summed E-state index contributed by atoms with van der Waals surface area (Å²) in [6, 6.07) is -0.485. The average Bonchev–Trinajstić information content (AvgIpc) is 2.55. The number of carbonyl (C=O) groups is 1. The maximum atomic E-state index is 12.2. The Kier molecular flexibility index (Phi) is 6.43. The highest BCUT2D eigenvalue weighted by atomic mass is 16.2. The molecule has 0 radical (unpaired) electrons. The van der Waals surface area contributed by atoms with Crippen LogP contribution in [0.25, 0.3) is 0 Å². The van der Waals surface area contributed by atoms with Crippen molar-refractivity contribution in [2.24, 2.45) is 0 Å². The van der Waals surface area contributed by atoms with Crippen molar-refractivity contribution in [3.8, 4) is 0 Å². The fourth-order valence-electron chi connectivity index (χ4n) is 2.80. The van der Waals surface area contributed by atoms with Gasteiger partial charge >= 0.3 is 11.7 Å². The topological polar surface area (TPSA) is 87.2 Å². The molecule has 7 nitrogen and oxygen atoms in total. The Balaban J connectivity index is 2.07. The summed E-state index contributed by atoms with van der Waals surface area (Å²) in [4.78, 5) is 40.2. The van der Waals surface area contributed by atoms with E-state index in [1.54, 1.807) is 0 Å². The first kappa shape index (κ1) is 17.3. The molecule has 1 aliphatic heterocycles. The third-order valence-corrected chi connectivity index (χ3v) is 4.15. The molecule has 7 heteroatoms. The fraction of sp³-hybridized carbons (Fsp3) is 0.688. The zero-order valence-corrected chi connectivity index (χ0v) is 13.8. The molecule has 0 bridgehead atoms. The molecule has 1 aromatic rings. The zero-order chi connectivity index (χ0) is 16.7. The van der Waals surface area contributed by atoms with Crippen molar-refractivity contribution in [3.05, 3.63) is 27.0 Å². The minimum Gasteiger partial charge on any atom is -0.366 e. The predicted octanol–water partition coefficient (Wildman–Crippen LogP) is 1.66. The molecule has 0 aromatic carbocycles. The highest BCUT2D eigenvalue weighted by Crippen LogP contribution is 2.14. The van der Waals surface area contributed by atoms with E-state index in [-0.39, 0.29) is 0 Å². The molecule has 0 atom stereocenters. The Hall–Kier alpha value is -2.05. The summed E-state index contributed by atoms with van der Waals surface area (Å²) in [6.07, 6.45) is 8.75. The first-order valence-electron chi connectivity index (χ1n) is 8.52. The van der Waals surface area contributed by atoms with Gasteiger partial charge in [-0.3, -0.25) is 9.78 Å². The van der Waals surface area contributed by atoms with Gasteiger partial charge in [0.1, 0.15) is 5.69 Å². The van der Waals surface area contributed by atoms with E-state index in [4.69, 9.17) is 0 Å². The molecule has 23 heavy (non-hydrogen) atoms. The van der Waals surface area contributed by atoms with E-state index in [1.807, 2.05) is 4.90 Å². The second-order valence-corrected chi connectivity index (χ2v) is 5.98. The number of aromatic amines is 1. The van der Waals surface area contributed by atoms with Crippen LogP contribution < -0.4 is 21.5 Å². The van der Waals surface area contributed by atoms with Crippen molar-refractivity contribution in [1.82, 2.24) is 14.9 Å². The summed E-state index contributed by atoms with van der Waals surface area (Å²) in [7, 11) is 0. The predicted molar refractivity (Wildman–Crippen MR) is 90.3 cm³/mol. The molecule has 2 N–H and O–H groups in total. The molecular weight excluding hydrogens is 296 g/mol. The van der Waals surface area contributed by atoms with Crippen molar-refractivity contribution < 1.29 is 4.79 Å². The van der Waals surface area contributed by atoms with E-state index in [1.165, 1.54) is 6.20 Å². The van der Waals surface area contributed by atoms with Crippen LogP contribution in [0.3, 0.4) is 0 Å². The molecule has 2 rings (SSSR count). The molecule has 0 saturated carbocycles. The molecule has 1 aromatic heterocycles. The quantitative estimate of drug-likeness (QED) is 0.780. The van der Waals surface area contributed by atoms with Crippen LogP contribution >= 0.6 is 0 Å². The first-order chi connectivity index (χ1) is 11.1. The molecule has 1 saturated heterocycles. The van der Waals surface area contributed by atoms with Crippen molar-refractivity contribution in [3.63, 3.8) is 0 Å². The van der Waals surface area contributed by atoms with E-state index >= 15 is 0 Å². The lowest BCUT2D eigenvalue weighted by Crippen LogP contribution is -2.43. The van der Waals surface area contributed by atoms with Crippen LogP contribution in [-0.2, 0) is 0 Å². The molecule has 128 valence electrons. The van der Waals surface area contributed by atoms with Gasteiger partial charge in [-0.25, -0.2) is 14.2 Å². The highest BCUT2D eigenvalue weighted by Gasteiger charge is 2.17. The Morgan fingerprint density at radius 1 is 1.17 bits per heavy atom. The second-order valence-electron chi connectivity index (χ2n) is 5.98. The van der Waals surface area contributed by atoms with Crippen molar-refractivity contribution >= 4 is 11.7 Å². The van der Waals surface area contributed by atoms with Crippen molar-refractivity contribution in [1.29, 1.82) is 0 Å². The van der Waals surface area contributed by atoms with Crippen molar-refractivity contribution in [2.45, 2.75) is 51.9 Å². The number of H-pyrrole nitrogens is 1. The van der Waals surface area contributed by atoms with Gasteiger partial charge < -0.3 is 10.2 Å². The van der Waals surface area contributed by atoms with Crippen LogP contribution in [0.2, 0.25) is 0 Å². The van der Waals surface area contributed by atoms with E-state index in [9.17, 15) is 14.4 Å². The number of rotatable bonds is 6. The van der Waals surface area contributed by atoms with Gasteiger partial charge in [-0.15, -0.1) is 0 Å². The maximum Gasteiger partial charge on any atom is 0.336 e. The van der Waals surface area contributed by atoms with Gasteiger partial charge in [0.2, 0.25) is 0 Å². The zero-order valence-electron chi connectivity index (χ0n) is 13.8. The fourth-order valence-corrected chi connectivity index (χ4v) is 2.80. The third kappa shape index (κ3) is 4.71.